The van der Waals surface area contributed by atoms with Crippen LogP contribution in [0.1, 0.15) is 28.7 Å². The number of carbonyl (C=O) groups is 2. The van der Waals surface area contributed by atoms with Crippen molar-refractivity contribution < 1.29 is 14.3 Å². The van der Waals surface area contributed by atoms with E-state index >= 15 is 0 Å². The third-order valence-corrected chi connectivity index (χ3v) is 6.71. The van der Waals surface area contributed by atoms with Crippen molar-refractivity contribution in [3.05, 3.63) is 46.2 Å². The molecule has 1 N–H and O–H groups in total. The molecule has 0 atom stereocenters. The molecule has 3 heterocycles. The largest absolute Gasteiger partial charge is 0.378 e. The summed E-state index contributed by atoms with van der Waals surface area (Å²) in [6, 6.07) is 7.42. The molecule has 0 radical (unpaired) electrons. The number of rotatable bonds is 3. The van der Waals surface area contributed by atoms with Crippen molar-refractivity contribution in [1.82, 2.24) is 19.7 Å². The van der Waals surface area contributed by atoms with Crippen LogP contribution in [-0.2, 0) is 22.4 Å². The molecule has 0 saturated carbocycles. The van der Waals surface area contributed by atoms with Crippen LogP contribution < -0.4 is 5.32 Å². The van der Waals surface area contributed by atoms with Crippen molar-refractivity contribution in [3.8, 4) is 16.3 Å². The van der Waals surface area contributed by atoms with Gasteiger partial charge in [0.15, 0.2) is 10.8 Å². The molecule has 8 nitrogen and oxygen atoms in total. The number of nitrogens with one attached hydrogen (secondary N) is 1. The Morgan fingerprint density at radius 2 is 1.97 bits per heavy atom. The first-order valence-electron chi connectivity index (χ1n) is 10.0. The summed E-state index contributed by atoms with van der Waals surface area (Å²) < 4.78 is 7.14. The molecule has 5 rings (SSSR count). The molecule has 1 aliphatic carbocycles. The maximum atomic E-state index is 13.4. The van der Waals surface area contributed by atoms with Gasteiger partial charge < -0.3 is 15.0 Å². The topological polar surface area (TPSA) is 89.3 Å². The van der Waals surface area contributed by atoms with Crippen LogP contribution in [0.2, 0.25) is 5.02 Å². The maximum Gasteiger partial charge on any atom is 0.274 e. The molecule has 31 heavy (non-hydrogen) atoms. The highest BCUT2D eigenvalue weighted by Crippen LogP contribution is 2.42. The Bertz CT molecular complexity index is 1180. The zero-order valence-electron chi connectivity index (χ0n) is 16.9. The molecule has 10 heteroatoms. The number of anilines is 1. The summed E-state index contributed by atoms with van der Waals surface area (Å²) >= 11 is 7.89. The minimum absolute atomic E-state index is 0.0968. The van der Waals surface area contributed by atoms with E-state index in [0.29, 0.717) is 60.7 Å². The lowest BCUT2D eigenvalue weighted by Crippen LogP contribution is -2.41. The van der Waals surface area contributed by atoms with E-state index in [1.54, 1.807) is 15.6 Å². The van der Waals surface area contributed by atoms with Gasteiger partial charge in [-0.25, -0.2) is 9.67 Å². The van der Waals surface area contributed by atoms with Gasteiger partial charge in [-0.1, -0.05) is 35.1 Å². The molecule has 1 fully saturated rings. The van der Waals surface area contributed by atoms with Crippen LogP contribution in [0.4, 0.5) is 5.13 Å². The standard InChI is InChI=1S/C21H20ClN5O3S/c1-12(28)23-21-24-15-7-6-13-17(20(29)26-8-10-30-11-9-26)25-27(18(13)19(15)31-21)16-5-3-2-4-14(16)22/h2-5H,6-11H2,1H3,(H,23,24,28). The monoisotopic (exact) mass is 457 g/mol. The highest BCUT2D eigenvalue weighted by molar-refractivity contribution is 7.19. The highest BCUT2D eigenvalue weighted by atomic mass is 35.5. The van der Waals surface area contributed by atoms with Crippen molar-refractivity contribution in [2.24, 2.45) is 0 Å². The summed E-state index contributed by atoms with van der Waals surface area (Å²) in [5.74, 6) is -0.269. The number of aromatic nitrogens is 3. The van der Waals surface area contributed by atoms with E-state index in [2.05, 4.69) is 10.3 Å². The first kappa shape index (κ1) is 20.2. The number of amides is 2. The Morgan fingerprint density at radius 3 is 2.71 bits per heavy atom. The third kappa shape index (κ3) is 3.62. The summed E-state index contributed by atoms with van der Waals surface area (Å²) in [6.45, 7) is 3.60. The summed E-state index contributed by atoms with van der Waals surface area (Å²) in [4.78, 5) is 32.2. The Hall–Kier alpha value is -2.75. The SMILES string of the molecule is CC(=O)Nc1nc2c(s1)-c1c(c(C(=O)N3CCOCC3)nn1-c1ccccc1Cl)CC2. The summed E-state index contributed by atoms with van der Waals surface area (Å²) in [5, 5.41) is 8.61. The van der Waals surface area contributed by atoms with Crippen LogP contribution in [0.25, 0.3) is 16.3 Å². The van der Waals surface area contributed by atoms with Crippen molar-refractivity contribution in [1.29, 1.82) is 0 Å². The van der Waals surface area contributed by atoms with Gasteiger partial charge in [-0.05, 0) is 25.0 Å². The van der Waals surface area contributed by atoms with E-state index in [-0.39, 0.29) is 11.8 Å². The van der Waals surface area contributed by atoms with Gasteiger partial charge in [0.05, 0.1) is 40.2 Å². The van der Waals surface area contributed by atoms with Crippen molar-refractivity contribution in [2.45, 2.75) is 19.8 Å². The number of nitrogens with zero attached hydrogens (tertiary/aromatic N) is 4. The summed E-state index contributed by atoms with van der Waals surface area (Å²) in [7, 11) is 0. The Kier molecular flexibility index (Phi) is 5.25. The molecule has 1 aliphatic heterocycles. The molecular formula is C21H20ClN5O3S. The average molecular weight is 458 g/mol. The first-order valence-corrected chi connectivity index (χ1v) is 11.2. The lowest BCUT2D eigenvalue weighted by Gasteiger charge is -2.26. The molecular weight excluding hydrogens is 438 g/mol. The van der Waals surface area contributed by atoms with Crippen LogP contribution in [0.5, 0.6) is 0 Å². The minimum Gasteiger partial charge on any atom is -0.378 e. The van der Waals surface area contributed by atoms with Gasteiger partial charge in [-0.2, -0.15) is 5.10 Å². The highest BCUT2D eigenvalue weighted by Gasteiger charge is 2.34. The fourth-order valence-electron chi connectivity index (χ4n) is 3.96. The van der Waals surface area contributed by atoms with E-state index in [0.717, 1.165) is 21.8 Å². The fraction of sp³-hybridized carbons (Fsp3) is 0.333. The van der Waals surface area contributed by atoms with E-state index < -0.39 is 0 Å². The van der Waals surface area contributed by atoms with Crippen LogP contribution in [0.15, 0.2) is 24.3 Å². The predicted octanol–water partition coefficient (Wildman–Crippen LogP) is 3.18. The number of thiazole rings is 1. The summed E-state index contributed by atoms with van der Waals surface area (Å²) in [5.41, 5.74) is 3.74. The maximum absolute atomic E-state index is 13.4. The van der Waals surface area contributed by atoms with Crippen LogP contribution >= 0.6 is 22.9 Å². The van der Waals surface area contributed by atoms with Gasteiger partial charge >= 0.3 is 0 Å². The Morgan fingerprint density at radius 1 is 1.19 bits per heavy atom. The molecule has 3 aromatic rings. The Balaban J connectivity index is 1.67. The molecule has 2 amide bonds. The van der Waals surface area contributed by atoms with Crippen molar-refractivity contribution in [2.75, 3.05) is 31.6 Å². The molecule has 2 aliphatic rings. The number of ether oxygens (including phenoxy) is 1. The van der Waals surface area contributed by atoms with E-state index in [1.807, 2.05) is 18.2 Å². The predicted molar refractivity (Wildman–Crippen MR) is 118 cm³/mol. The average Bonchev–Trinajstić information content (AvgIpc) is 3.34. The number of hydrogen-bond acceptors (Lipinski definition) is 6. The molecule has 0 spiro atoms. The normalized spacial score (nSPS) is 15.4. The molecule has 1 saturated heterocycles. The third-order valence-electron chi connectivity index (χ3n) is 5.37. The minimum atomic E-state index is -0.172. The quantitative estimate of drug-likeness (QED) is 0.652. The fourth-order valence-corrected chi connectivity index (χ4v) is 5.29. The molecule has 2 aromatic heterocycles. The second-order valence-corrected chi connectivity index (χ2v) is 8.83. The lowest BCUT2D eigenvalue weighted by atomic mass is 9.97. The number of halogens is 1. The van der Waals surface area contributed by atoms with Crippen molar-refractivity contribution >= 4 is 39.9 Å². The molecule has 0 unspecified atom stereocenters. The zero-order valence-corrected chi connectivity index (χ0v) is 18.4. The van der Waals surface area contributed by atoms with Crippen LogP contribution in [0, 0.1) is 0 Å². The Labute approximate surface area is 187 Å². The zero-order chi connectivity index (χ0) is 21.5. The van der Waals surface area contributed by atoms with E-state index in [1.165, 1.54) is 18.3 Å². The first-order chi connectivity index (χ1) is 15.0. The second-order valence-electron chi connectivity index (χ2n) is 7.42. The van der Waals surface area contributed by atoms with Gasteiger partial charge in [0, 0.05) is 25.6 Å². The van der Waals surface area contributed by atoms with E-state index in [9.17, 15) is 9.59 Å². The molecule has 0 bridgehead atoms. The number of hydrogen-bond donors (Lipinski definition) is 1. The van der Waals surface area contributed by atoms with Gasteiger partial charge in [-0.3, -0.25) is 9.59 Å². The van der Waals surface area contributed by atoms with Crippen LogP contribution in [-0.4, -0.2) is 57.8 Å². The van der Waals surface area contributed by atoms with Crippen LogP contribution in [0.3, 0.4) is 0 Å². The number of morpholine rings is 1. The van der Waals surface area contributed by atoms with Crippen molar-refractivity contribution in [3.63, 3.8) is 0 Å². The number of aryl methyl sites for hydroxylation is 1. The molecule has 1 aromatic carbocycles. The molecule has 160 valence electrons. The van der Waals surface area contributed by atoms with Gasteiger partial charge in [0.25, 0.3) is 5.91 Å². The number of fused-ring (bicyclic) bond motifs is 3. The number of carbonyl (C=O) groups excluding carboxylic acids is 2. The van der Waals surface area contributed by atoms with Gasteiger partial charge in [0.1, 0.15) is 0 Å². The van der Waals surface area contributed by atoms with E-state index in [4.69, 9.17) is 21.4 Å². The lowest BCUT2D eigenvalue weighted by molar-refractivity contribution is -0.114. The number of para-hydroxylation sites is 1. The smallest absolute Gasteiger partial charge is 0.274 e. The summed E-state index contributed by atoms with van der Waals surface area (Å²) in [6.07, 6.45) is 1.32. The number of benzene rings is 1. The second kappa shape index (κ2) is 8.07. The van der Waals surface area contributed by atoms with Gasteiger partial charge in [-0.15, -0.1) is 0 Å². The van der Waals surface area contributed by atoms with Gasteiger partial charge in [0.2, 0.25) is 5.91 Å².